The highest BCUT2D eigenvalue weighted by Crippen LogP contribution is 2.28. The Kier molecular flexibility index (Phi) is 4.54. The first-order chi connectivity index (χ1) is 8.25. The second kappa shape index (κ2) is 6.15. The SMILES string of the molecule is CC1CCC(NCCCc2ncn[nH]2)C(C)C1. The molecule has 0 aliphatic heterocycles. The van der Waals surface area contributed by atoms with Crippen LogP contribution in [0.25, 0.3) is 0 Å². The van der Waals surface area contributed by atoms with Gasteiger partial charge in [-0.15, -0.1) is 0 Å². The molecule has 0 bridgehead atoms. The van der Waals surface area contributed by atoms with Crippen LogP contribution in [0.2, 0.25) is 0 Å². The number of aromatic nitrogens is 3. The molecule has 0 spiro atoms. The van der Waals surface area contributed by atoms with E-state index in [1.807, 2.05) is 0 Å². The summed E-state index contributed by atoms with van der Waals surface area (Å²) in [6.07, 6.45) is 7.79. The van der Waals surface area contributed by atoms with Crippen molar-refractivity contribution in [3.05, 3.63) is 12.2 Å². The standard InChI is InChI=1S/C13H24N4/c1-10-5-6-12(11(2)8-10)14-7-3-4-13-15-9-16-17-13/h9-12,14H,3-8H2,1-2H3,(H,15,16,17). The summed E-state index contributed by atoms with van der Waals surface area (Å²) in [5.41, 5.74) is 0. The first-order valence-electron chi connectivity index (χ1n) is 6.83. The van der Waals surface area contributed by atoms with Gasteiger partial charge in [-0.3, -0.25) is 5.10 Å². The van der Waals surface area contributed by atoms with Gasteiger partial charge in [0.25, 0.3) is 0 Å². The molecule has 2 rings (SSSR count). The number of hydrogen-bond donors (Lipinski definition) is 2. The number of hydrogen-bond acceptors (Lipinski definition) is 3. The third-order valence-electron chi connectivity index (χ3n) is 3.89. The third kappa shape index (κ3) is 3.80. The van der Waals surface area contributed by atoms with Gasteiger partial charge in [0.1, 0.15) is 12.2 Å². The van der Waals surface area contributed by atoms with Gasteiger partial charge in [-0.25, -0.2) is 4.98 Å². The van der Waals surface area contributed by atoms with E-state index in [0.717, 1.165) is 43.1 Å². The maximum atomic E-state index is 4.13. The molecule has 96 valence electrons. The van der Waals surface area contributed by atoms with Gasteiger partial charge < -0.3 is 5.32 Å². The maximum absolute atomic E-state index is 4.13. The van der Waals surface area contributed by atoms with Gasteiger partial charge in [-0.05, 0) is 44.1 Å². The lowest BCUT2D eigenvalue weighted by molar-refractivity contribution is 0.228. The van der Waals surface area contributed by atoms with Gasteiger partial charge in [0.15, 0.2) is 0 Å². The largest absolute Gasteiger partial charge is 0.314 e. The van der Waals surface area contributed by atoms with Crippen molar-refractivity contribution in [2.45, 2.75) is 52.0 Å². The number of nitrogens with zero attached hydrogens (tertiary/aromatic N) is 2. The molecule has 0 radical (unpaired) electrons. The number of aryl methyl sites for hydroxylation is 1. The molecule has 1 aromatic rings. The lowest BCUT2D eigenvalue weighted by atomic mass is 9.80. The molecule has 1 saturated carbocycles. The molecule has 1 aliphatic rings. The van der Waals surface area contributed by atoms with Crippen LogP contribution in [0.4, 0.5) is 0 Å². The van der Waals surface area contributed by atoms with E-state index in [0.29, 0.717) is 0 Å². The van der Waals surface area contributed by atoms with Crippen LogP contribution in [-0.4, -0.2) is 27.8 Å². The average Bonchev–Trinajstić information content (AvgIpc) is 2.79. The van der Waals surface area contributed by atoms with Crippen LogP contribution in [0, 0.1) is 11.8 Å². The summed E-state index contributed by atoms with van der Waals surface area (Å²) in [5, 5.41) is 10.4. The van der Waals surface area contributed by atoms with Crippen molar-refractivity contribution < 1.29 is 0 Å². The zero-order valence-corrected chi connectivity index (χ0v) is 10.9. The van der Waals surface area contributed by atoms with E-state index >= 15 is 0 Å². The molecule has 17 heavy (non-hydrogen) atoms. The molecule has 4 heteroatoms. The minimum Gasteiger partial charge on any atom is -0.314 e. The van der Waals surface area contributed by atoms with Gasteiger partial charge >= 0.3 is 0 Å². The Hall–Kier alpha value is -0.900. The lowest BCUT2D eigenvalue weighted by Crippen LogP contribution is -2.39. The fourth-order valence-electron chi connectivity index (χ4n) is 2.86. The monoisotopic (exact) mass is 236 g/mol. The van der Waals surface area contributed by atoms with Crippen LogP contribution < -0.4 is 5.32 Å². The van der Waals surface area contributed by atoms with Crippen molar-refractivity contribution in [2.75, 3.05) is 6.54 Å². The van der Waals surface area contributed by atoms with Gasteiger partial charge in [0, 0.05) is 12.5 Å². The van der Waals surface area contributed by atoms with Crippen LogP contribution in [0.5, 0.6) is 0 Å². The number of nitrogens with one attached hydrogen (secondary N) is 2. The molecule has 1 heterocycles. The van der Waals surface area contributed by atoms with E-state index < -0.39 is 0 Å². The van der Waals surface area contributed by atoms with Gasteiger partial charge in [0.05, 0.1) is 0 Å². The van der Waals surface area contributed by atoms with Crippen molar-refractivity contribution >= 4 is 0 Å². The van der Waals surface area contributed by atoms with Crippen LogP contribution in [0.15, 0.2) is 6.33 Å². The summed E-state index contributed by atoms with van der Waals surface area (Å²) in [6, 6.07) is 0.723. The van der Waals surface area contributed by atoms with Crippen molar-refractivity contribution in [2.24, 2.45) is 11.8 Å². The van der Waals surface area contributed by atoms with E-state index in [1.54, 1.807) is 6.33 Å². The fraction of sp³-hybridized carbons (Fsp3) is 0.846. The van der Waals surface area contributed by atoms with Crippen molar-refractivity contribution in [1.29, 1.82) is 0 Å². The number of H-pyrrole nitrogens is 1. The normalized spacial score (nSPS) is 29.4. The third-order valence-corrected chi connectivity index (χ3v) is 3.89. The highest BCUT2D eigenvalue weighted by atomic mass is 15.2. The summed E-state index contributed by atoms with van der Waals surface area (Å²) in [4.78, 5) is 4.13. The van der Waals surface area contributed by atoms with Crippen LogP contribution in [0.3, 0.4) is 0 Å². The van der Waals surface area contributed by atoms with E-state index in [9.17, 15) is 0 Å². The Morgan fingerprint density at radius 2 is 2.29 bits per heavy atom. The van der Waals surface area contributed by atoms with Crippen molar-refractivity contribution in [3.8, 4) is 0 Å². The van der Waals surface area contributed by atoms with Crippen molar-refractivity contribution in [3.63, 3.8) is 0 Å². The maximum Gasteiger partial charge on any atom is 0.137 e. The summed E-state index contributed by atoms with van der Waals surface area (Å²) in [6.45, 7) is 5.84. The zero-order chi connectivity index (χ0) is 12.1. The Morgan fingerprint density at radius 3 is 3.00 bits per heavy atom. The Bertz CT molecular complexity index is 309. The van der Waals surface area contributed by atoms with E-state index in [1.165, 1.54) is 19.3 Å². The molecule has 1 fully saturated rings. The van der Waals surface area contributed by atoms with E-state index in [-0.39, 0.29) is 0 Å². The summed E-state index contributed by atoms with van der Waals surface area (Å²) in [5.74, 6) is 2.73. The molecular formula is C13H24N4. The minimum absolute atomic E-state index is 0.723. The van der Waals surface area contributed by atoms with E-state index in [2.05, 4.69) is 34.3 Å². The topological polar surface area (TPSA) is 53.6 Å². The molecule has 4 nitrogen and oxygen atoms in total. The number of rotatable bonds is 5. The fourth-order valence-corrected chi connectivity index (χ4v) is 2.86. The molecule has 1 aliphatic carbocycles. The molecule has 1 aromatic heterocycles. The Morgan fingerprint density at radius 1 is 1.41 bits per heavy atom. The van der Waals surface area contributed by atoms with Gasteiger partial charge in [-0.1, -0.05) is 13.8 Å². The summed E-state index contributed by atoms with van der Waals surface area (Å²) in [7, 11) is 0. The smallest absolute Gasteiger partial charge is 0.137 e. The van der Waals surface area contributed by atoms with Crippen LogP contribution in [-0.2, 0) is 6.42 Å². The van der Waals surface area contributed by atoms with Gasteiger partial charge in [0.2, 0.25) is 0 Å². The molecule has 3 unspecified atom stereocenters. The summed E-state index contributed by atoms with van der Waals surface area (Å²) < 4.78 is 0. The molecule has 0 amide bonds. The van der Waals surface area contributed by atoms with E-state index in [4.69, 9.17) is 0 Å². The highest BCUT2D eigenvalue weighted by Gasteiger charge is 2.24. The van der Waals surface area contributed by atoms with Gasteiger partial charge in [-0.2, -0.15) is 5.10 Å². The lowest BCUT2D eigenvalue weighted by Gasteiger charge is -2.33. The predicted molar refractivity (Wildman–Crippen MR) is 68.7 cm³/mol. The molecule has 2 N–H and O–H groups in total. The van der Waals surface area contributed by atoms with Crippen molar-refractivity contribution in [1.82, 2.24) is 20.5 Å². The molecular weight excluding hydrogens is 212 g/mol. The van der Waals surface area contributed by atoms with Crippen LogP contribution in [0.1, 0.15) is 45.4 Å². The Labute approximate surface area is 104 Å². The summed E-state index contributed by atoms with van der Waals surface area (Å²) >= 11 is 0. The Balaban J connectivity index is 1.61. The predicted octanol–water partition coefficient (Wildman–Crippen LogP) is 2.15. The first-order valence-corrected chi connectivity index (χ1v) is 6.83. The molecule has 0 saturated heterocycles. The minimum atomic E-state index is 0.723. The zero-order valence-electron chi connectivity index (χ0n) is 10.9. The molecule has 0 aromatic carbocycles. The van der Waals surface area contributed by atoms with Crippen LogP contribution >= 0.6 is 0 Å². The first kappa shape index (κ1) is 12.6. The average molecular weight is 236 g/mol. The second-order valence-corrected chi connectivity index (χ2v) is 5.49. The molecule has 3 atom stereocenters. The highest BCUT2D eigenvalue weighted by molar-refractivity contribution is 4.83. The quantitative estimate of drug-likeness (QED) is 0.770. The number of aromatic amines is 1. The second-order valence-electron chi connectivity index (χ2n) is 5.49.